The Balaban J connectivity index is 1.85. The van der Waals surface area contributed by atoms with Crippen molar-refractivity contribution in [2.75, 3.05) is 0 Å². The average Bonchev–Trinajstić information content (AvgIpc) is 2.87. The van der Waals surface area contributed by atoms with Gasteiger partial charge in [-0.1, -0.05) is 19.1 Å². The number of rotatable bonds is 2. The van der Waals surface area contributed by atoms with Gasteiger partial charge in [-0.2, -0.15) is 0 Å². The summed E-state index contributed by atoms with van der Waals surface area (Å²) in [5.41, 5.74) is 8.85. The van der Waals surface area contributed by atoms with E-state index in [1.807, 2.05) is 0 Å². The van der Waals surface area contributed by atoms with Crippen molar-refractivity contribution in [3.8, 4) is 5.75 Å². The molecule has 0 radical (unpaired) electrons. The van der Waals surface area contributed by atoms with Gasteiger partial charge in [0.1, 0.15) is 11.4 Å². The molecule has 3 rings (SSSR count). The zero-order chi connectivity index (χ0) is 12.2. The monoisotopic (exact) mass is 231 g/mol. The molecular weight excluding hydrogens is 210 g/mol. The second-order valence-electron chi connectivity index (χ2n) is 6.31. The van der Waals surface area contributed by atoms with Gasteiger partial charge in [-0.05, 0) is 49.3 Å². The SMILES string of the molecule is CC1CC1C(N)c1ccc2c(c1)CC(C)(C)O2. The first-order valence-electron chi connectivity index (χ1n) is 6.54. The molecule has 3 unspecified atom stereocenters. The van der Waals surface area contributed by atoms with Gasteiger partial charge in [0.25, 0.3) is 0 Å². The lowest BCUT2D eigenvalue weighted by Crippen LogP contribution is -2.24. The van der Waals surface area contributed by atoms with Crippen molar-refractivity contribution in [2.45, 2.75) is 45.3 Å². The maximum atomic E-state index is 6.31. The summed E-state index contributed by atoms with van der Waals surface area (Å²) in [4.78, 5) is 0. The molecule has 1 aliphatic carbocycles. The summed E-state index contributed by atoms with van der Waals surface area (Å²) >= 11 is 0. The predicted molar refractivity (Wildman–Crippen MR) is 69.1 cm³/mol. The van der Waals surface area contributed by atoms with Crippen LogP contribution in [0.25, 0.3) is 0 Å². The van der Waals surface area contributed by atoms with Crippen molar-refractivity contribution in [3.05, 3.63) is 29.3 Å². The smallest absolute Gasteiger partial charge is 0.123 e. The number of hydrogen-bond donors (Lipinski definition) is 1. The predicted octanol–water partition coefficient (Wildman–Crippen LogP) is 3.06. The molecule has 1 aliphatic heterocycles. The Labute approximate surface area is 103 Å². The van der Waals surface area contributed by atoms with Crippen LogP contribution in [0, 0.1) is 11.8 Å². The van der Waals surface area contributed by atoms with E-state index in [1.165, 1.54) is 17.5 Å². The zero-order valence-electron chi connectivity index (χ0n) is 10.9. The summed E-state index contributed by atoms with van der Waals surface area (Å²) in [6.07, 6.45) is 2.27. The van der Waals surface area contributed by atoms with Crippen molar-refractivity contribution >= 4 is 0 Å². The number of nitrogens with two attached hydrogens (primary N) is 1. The minimum atomic E-state index is -0.0576. The van der Waals surface area contributed by atoms with Crippen molar-refractivity contribution in [3.63, 3.8) is 0 Å². The largest absolute Gasteiger partial charge is 0.487 e. The normalized spacial score (nSPS) is 30.6. The van der Waals surface area contributed by atoms with E-state index >= 15 is 0 Å². The lowest BCUT2D eigenvalue weighted by Gasteiger charge is -2.16. The lowest BCUT2D eigenvalue weighted by atomic mass is 9.96. The molecule has 0 bridgehead atoms. The number of benzene rings is 1. The van der Waals surface area contributed by atoms with Gasteiger partial charge in [-0.15, -0.1) is 0 Å². The molecule has 0 spiro atoms. The van der Waals surface area contributed by atoms with E-state index in [2.05, 4.69) is 39.0 Å². The van der Waals surface area contributed by atoms with Crippen LogP contribution in [0.1, 0.15) is 44.4 Å². The Bertz CT molecular complexity index is 452. The molecule has 1 heterocycles. The molecule has 2 heteroatoms. The minimum absolute atomic E-state index is 0.0576. The van der Waals surface area contributed by atoms with E-state index in [0.29, 0.717) is 5.92 Å². The molecule has 0 aromatic heterocycles. The van der Waals surface area contributed by atoms with Crippen molar-refractivity contribution in [1.29, 1.82) is 0 Å². The third kappa shape index (κ3) is 1.95. The fourth-order valence-corrected chi connectivity index (χ4v) is 2.94. The van der Waals surface area contributed by atoms with Gasteiger partial charge in [0.05, 0.1) is 0 Å². The summed E-state index contributed by atoms with van der Waals surface area (Å²) in [5.74, 6) is 2.52. The molecule has 1 fully saturated rings. The van der Waals surface area contributed by atoms with Gasteiger partial charge in [-0.25, -0.2) is 0 Å². The highest BCUT2D eigenvalue weighted by atomic mass is 16.5. The van der Waals surface area contributed by atoms with Crippen LogP contribution >= 0.6 is 0 Å². The Kier molecular flexibility index (Phi) is 2.27. The average molecular weight is 231 g/mol. The van der Waals surface area contributed by atoms with Gasteiger partial charge < -0.3 is 10.5 Å². The van der Waals surface area contributed by atoms with Crippen molar-refractivity contribution < 1.29 is 4.74 Å². The Hall–Kier alpha value is -1.02. The van der Waals surface area contributed by atoms with Crippen LogP contribution in [0.4, 0.5) is 0 Å². The molecule has 1 aromatic rings. The lowest BCUT2D eigenvalue weighted by molar-refractivity contribution is 0.138. The number of hydrogen-bond acceptors (Lipinski definition) is 2. The van der Waals surface area contributed by atoms with Gasteiger partial charge >= 0.3 is 0 Å². The highest BCUT2D eigenvalue weighted by molar-refractivity contribution is 5.43. The van der Waals surface area contributed by atoms with E-state index in [9.17, 15) is 0 Å². The van der Waals surface area contributed by atoms with Crippen LogP contribution < -0.4 is 10.5 Å². The van der Waals surface area contributed by atoms with Crippen LogP contribution in [0.2, 0.25) is 0 Å². The summed E-state index contributed by atoms with van der Waals surface area (Å²) in [6.45, 7) is 6.55. The molecule has 2 N–H and O–H groups in total. The first-order chi connectivity index (χ1) is 7.96. The molecule has 3 atom stereocenters. The van der Waals surface area contributed by atoms with Crippen LogP contribution in [-0.4, -0.2) is 5.60 Å². The summed E-state index contributed by atoms with van der Waals surface area (Å²) < 4.78 is 5.89. The highest BCUT2D eigenvalue weighted by Gasteiger charge is 2.39. The fraction of sp³-hybridized carbons (Fsp3) is 0.600. The minimum Gasteiger partial charge on any atom is -0.487 e. The number of fused-ring (bicyclic) bond motifs is 1. The maximum Gasteiger partial charge on any atom is 0.123 e. The molecule has 1 aromatic carbocycles. The molecule has 0 amide bonds. The zero-order valence-corrected chi connectivity index (χ0v) is 10.9. The first kappa shape index (κ1) is 11.1. The molecule has 0 saturated heterocycles. The molecule has 2 nitrogen and oxygen atoms in total. The Morgan fingerprint density at radius 1 is 1.41 bits per heavy atom. The van der Waals surface area contributed by atoms with Gasteiger partial charge in [0.2, 0.25) is 0 Å². The summed E-state index contributed by atoms with van der Waals surface area (Å²) in [5, 5.41) is 0. The van der Waals surface area contributed by atoms with Crippen LogP contribution in [-0.2, 0) is 6.42 Å². The quantitative estimate of drug-likeness (QED) is 0.849. The first-order valence-corrected chi connectivity index (χ1v) is 6.54. The van der Waals surface area contributed by atoms with Crippen molar-refractivity contribution in [1.82, 2.24) is 0 Å². The van der Waals surface area contributed by atoms with E-state index in [-0.39, 0.29) is 11.6 Å². The Morgan fingerprint density at radius 2 is 2.12 bits per heavy atom. The van der Waals surface area contributed by atoms with Crippen LogP contribution in [0.5, 0.6) is 5.75 Å². The van der Waals surface area contributed by atoms with Crippen LogP contribution in [0.3, 0.4) is 0 Å². The van der Waals surface area contributed by atoms with E-state index in [0.717, 1.165) is 18.1 Å². The van der Waals surface area contributed by atoms with E-state index < -0.39 is 0 Å². The van der Waals surface area contributed by atoms with Gasteiger partial charge in [0.15, 0.2) is 0 Å². The third-order valence-corrected chi connectivity index (χ3v) is 4.10. The molecular formula is C15H21NO. The van der Waals surface area contributed by atoms with Gasteiger partial charge in [0, 0.05) is 12.5 Å². The molecule has 1 saturated carbocycles. The Morgan fingerprint density at radius 3 is 2.76 bits per heavy atom. The fourth-order valence-electron chi connectivity index (χ4n) is 2.94. The van der Waals surface area contributed by atoms with E-state index in [1.54, 1.807) is 0 Å². The topological polar surface area (TPSA) is 35.2 Å². The summed E-state index contributed by atoms with van der Waals surface area (Å²) in [6, 6.07) is 6.68. The highest BCUT2D eigenvalue weighted by Crippen LogP contribution is 2.46. The van der Waals surface area contributed by atoms with E-state index in [4.69, 9.17) is 10.5 Å². The number of ether oxygens (including phenoxy) is 1. The van der Waals surface area contributed by atoms with Crippen LogP contribution in [0.15, 0.2) is 18.2 Å². The second kappa shape index (κ2) is 3.49. The third-order valence-electron chi connectivity index (χ3n) is 4.10. The standard InChI is InChI=1S/C15H21NO/c1-9-6-12(9)14(16)10-4-5-13-11(7-10)8-15(2,3)17-13/h4-5,7,9,12,14H,6,8,16H2,1-3H3. The van der Waals surface area contributed by atoms with Gasteiger partial charge in [-0.3, -0.25) is 0 Å². The second-order valence-corrected chi connectivity index (χ2v) is 6.31. The molecule has 17 heavy (non-hydrogen) atoms. The summed E-state index contributed by atoms with van der Waals surface area (Å²) in [7, 11) is 0. The maximum absolute atomic E-state index is 6.31. The van der Waals surface area contributed by atoms with Crippen molar-refractivity contribution in [2.24, 2.45) is 17.6 Å². The molecule has 92 valence electrons. The molecule has 2 aliphatic rings.